The van der Waals surface area contributed by atoms with Gasteiger partial charge in [-0.1, -0.05) is 146 Å². The van der Waals surface area contributed by atoms with Crippen LogP contribution in [0.4, 0.5) is 17.1 Å². The Labute approximate surface area is 280 Å². The summed E-state index contributed by atoms with van der Waals surface area (Å²) in [7, 11) is 0. The average molecular weight is 613 g/mol. The second-order valence-corrected chi connectivity index (χ2v) is 12.2. The summed E-state index contributed by atoms with van der Waals surface area (Å²) in [5, 5.41) is 4.88. The smallest absolute Gasteiger partial charge is 0.0621 e. The van der Waals surface area contributed by atoms with Gasteiger partial charge in [-0.3, -0.25) is 0 Å². The fourth-order valence-electron chi connectivity index (χ4n) is 7.15. The van der Waals surface area contributed by atoms with Crippen LogP contribution in [0.5, 0.6) is 0 Å². The van der Waals surface area contributed by atoms with E-state index in [4.69, 9.17) is 0 Å². The largest absolute Gasteiger partial charge is 0.310 e. The SMILES string of the molecule is c1ccc(-c2ccc(N(c3cccc(-c4ccccc4)c3)c3cc4c5ccccc5n(-c5ccccc5)c4c4ccccc34)cc2)cc1. The zero-order valence-electron chi connectivity index (χ0n) is 26.4. The zero-order chi connectivity index (χ0) is 31.9. The van der Waals surface area contributed by atoms with E-state index in [1.54, 1.807) is 0 Å². The highest BCUT2D eigenvalue weighted by Crippen LogP contribution is 2.46. The number of hydrogen-bond acceptors (Lipinski definition) is 1. The van der Waals surface area contributed by atoms with Crippen molar-refractivity contribution >= 4 is 49.6 Å². The molecule has 0 spiro atoms. The van der Waals surface area contributed by atoms with Crippen LogP contribution in [0.25, 0.3) is 60.5 Å². The topological polar surface area (TPSA) is 8.17 Å². The van der Waals surface area contributed by atoms with Crippen molar-refractivity contribution in [2.45, 2.75) is 0 Å². The summed E-state index contributed by atoms with van der Waals surface area (Å²) in [6, 6.07) is 69.9. The van der Waals surface area contributed by atoms with Gasteiger partial charge in [0.05, 0.1) is 16.7 Å². The Kier molecular flexibility index (Phi) is 6.84. The molecule has 0 fully saturated rings. The van der Waals surface area contributed by atoms with Gasteiger partial charge < -0.3 is 9.47 Å². The predicted octanol–water partition coefficient (Wildman–Crippen LogP) is 12.7. The highest BCUT2D eigenvalue weighted by Gasteiger charge is 2.22. The molecule has 8 aromatic carbocycles. The van der Waals surface area contributed by atoms with Gasteiger partial charge in [0.1, 0.15) is 0 Å². The van der Waals surface area contributed by atoms with Crippen LogP contribution in [0.2, 0.25) is 0 Å². The third kappa shape index (κ3) is 4.74. The van der Waals surface area contributed by atoms with Crippen LogP contribution < -0.4 is 4.90 Å². The zero-order valence-corrected chi connectivity index (χ0v) is 26.4. The summed E-state index contributed by atoms with van der Waals surface area (Å²) in [4.78, 5) is 2.43. The van der Waals surface area contributed by atoms with Crippen molar-refractivity contribution in [3.05, 3.63) is 194 Å². The maximum Gasteiger partial charge on any atom is 0.0621 e. The van der Waals surface area contributed by atoms with Crippen molar-refractivity contribution in [3.63, 3.8) is 0 Å². The molecule has 0 saturated heterocycles. The summed E-state index contributed by atoms with van der Waals surface area (Å²) in [5.41, 5.74) is 11.7. The Morgan fingerprint density at radius 3 is 1.58 bits per heavy atom. The van der Waals surface area contributed by atoms with Crippen molar-refractivity contribution in [1.82, 2.24) is 4.57 Å². The number of aromatic nitrogens is 1. The van der Waals surface area contributed by atoms with Gasteiger partial charge in [0.15, 0.2) is 0 Å². The van der Waals surface area contributed by atoms with Gasteiger partial charge in [0.2, 0.25) is 0 Å². The first-order valence-electron chi connectivity index (χ1n) is 16.4. The van der Waals surface area contributed by atoms with Gasteiger partial charge in [0, 0.05) is 38.6 Å². The molecule has 0 amide bonds. The Hall–Kier alpha value is -6.38. The molecule has 2 nitrogen and oxygen atoms in total. The number of hydrogen-bond donors (Lipinski definition) is 0. The quantitative estimate of drug-likeness (QED) is 0.181. The van der Waals surface area contributed by atoms with Crippen molar-refractivity contribution in [2.24, 2.45) is 0 Å². The molecule has 0 aliphatic heterocycles. The van der Waals surface area contributed by atoms with Crippen LogP contribution in [0.1, 0.15) is 0 Å². The van der Waals surface area contributed by atoms with Gasteiger partial charge in [0.25, 0.3) is 0 Å². The summed E-state index contributed by atoms with van der Waals surface area (Å²) >= 11 is 0. The predicted molar refractivity (Wildman–Crippen MR) is 204 cm³/mol. The van der Waals surface area contributed by atoms with E-state index in [1.165, 1.54) is 54.8 Å². The van der Waals surface area contributed by atoms with Crippen LogP contribution in [0.3, 0.4) is 0 Å². The van der Waals surface area contributed by atoms with Gasteiger partial charge in [-0.2, -0.15) is 0 Å². The lowest BCUT2D eigenvalue weighted by Crippen LogP contribution is -2.11. The Morgan fingerprint density at radius 1 is 0.333 bits per heavy atom. The van der Waals surface area contributed by atoms with Crippen LogP contribution in [0, 0.1) is 0 Å². The van der Waals surface area contributed by atoms with E-state index in [2.05, 4.69) is 204 Å². The van der Waals surface area contributed by atoms with Crippen molar-refractivity contribution in [3.8, 4) is 27.9 Å². The second-order valence-electron chi connectivity index (χ2n) is 12.2. The molecule has 0 unspecified atom stereocenters. The molecule has 0 aliphatic carbocycles. The first-order valence-corrected chi connectivity index (χ1v) is 16.4. The number of fused-ring (bicyclic) bond motifs is 5. The molecule has 1 aromatic heterocycles. The molecular weight excluding hydrogens is 581 g/mol. The molecule has 2 heteroatoms. The normalized spacial score (nSPS) is 11.3. The lowest BCUT2D eigenvalue weighted by molar-refractivity contribution is 1.19. The van der Waals surface area contributed by atoms with Crippen molar-refractivity contribution in [2.75, 3.05) is 4.90 Å². The standard InChI is InChI=1S/C46H32N2/c1-4-15-33(16-5-1)35-27-29-38(30-28-35)47(39-22-14-19-36(31-39)34-17-6-2-7-18-34)45-32-43-41-24-12-13-26-44(41)48(37-20-8-3-9-21-37)46(43)42-25-11-10-23-40(42)45/h1-32H. The molecule has 0 N–H and O–H groups in total. The summed E-state index contributed by atoms with van der Waals surface area (Å²) in [5.74, 6) is 0. The molecule has 0 radical (unpaired) electrons. The average Bonchev–Trinajstić information content (AvgIpc) is 3.51. The van der Waals surface area contributed by atoms with E-state index in [1.807, 2.05) is 0 Å². The molecule has 0 atom stereocenters. The van der Waals surface area contributed by atoms with Gasteiger partial charge in [-0.05, 0) is 70.8 Å². The molecule has 0 bridgehead atoms. The highest BCUT2D eigenvalue weighted by atomic mass is 15.1. The maximum absolute atomic E-state index is 2.43. The third-order valence-electron chi connectivity index (χ3n) is 9.35. The molecule has 1 heterocycles. The highest BCUT2D eigenvalue weighted by molar-refractivity contribution is 6.22. The summed E-state index contributed by atoms with van der Waals surface area (Å²) < 4.78 is 2.42. The summed E-state index contributed by atoms with van der Waals surface area (Å²) in [6.07, 6.45) is 0. The Balaban J connectivity index is 1.34. The molecule has 0 aliphatic rings. The van der Waals surface area contributed by atoms with E-state index >= 15 is 0 Å². The first-order chi connectivity index (χ1) is 23.8. The van der Waals surface area contributed by atoms with Gasteiger partial charge in [-0.15, -0.1) is 0 Å². The van der Waals surface area contributed by atoms with E-state index in [-0.39, 0.29) is 0 Å². The van der Waals surface area contributed by atoms with E-state index in [0.717, 1.165) is 22.7 Å². The lowest BCUT2D eigenvalue weighted by atomic mass is 10.00. The third-order valence-corrected chi connectivity index (χ3v) is 9.35. The Morgan fingerprint density at radius 2 is 0.875 bits per heavy atom. The molecular formula is C46H32N2. The monoisotopic (exact) mass is 612 g/mol. The van der Waals surface area contributed by atoms with E-state index in [9.17, 15) is 0 Å². The van der Waals surface area contributed by atoms with Gasteiger partial charge >= 0.3 is 0 Å². The fraction of sp³-hybridized carbons (Fsp3) is 0. The van der Waals surface area contributed by atoms with Crippen LogP contribution >= 0.6 is 0 Å². The number of rotatable bonds is 6. The van der Waals surface area contributed by atoms with Gasteiger partial charge in [-0.25, -0.2) is 0 Å². The number of nitrogens with zero attached hydrogens (tertiary/aromatic N) is 2. The van der Waals surface area contributed by atoms with E-state index in [0.29, 0.717) is 0 Å². The Bertz CT molecular complexity index is 2530. The lowest BCUT2D eigenvalue weighted by Gasteiger charge is -2.28. The maximum atomic E-state index is 2.43. The number of anilines is 3. The summed E-state index contributed by atoms with van der Waals surface area (Å²) in [6.45, 7) is 0. The molecule has 0 saturated carbocycles. The minimum atomic E-state index is 1.11. The van der Waals surface area contributed by atoms with Crippen molar-refractivity contribution < 1.29 is 0 Å². The number of benzene rings is 8. The molecule has 226 valence electrons. The van der Waals surface area contributed by atoms with Crippen LogP contribution in [0.15, 0.2) is 194 Å². The van der Waals surface area contributed by atoms with E-state index < -0.39 is 0 Å². The minimum Gasteiger partial charge on any atom is -0.310 e. The molecule has 48 heavy (non-hydrogen) atoms. The molecule has 9 rings (SSSR count). The van der Waals surface area contributed by atoms with Crippen molar-refractivity contribution in [1.29, 1.82) is 0 Å². The first kappa shape index (κ1) is 27.9. The second kappa shape index (κ2) is 11.8. The molecule has 9 aromatic rings. The minimum absolute atomic E-state index is 1.11. The van der Waals surface area contributed by atoms with Crippen LogP contribution in [-0.4, -0.2) is 4.57 Å². The number of para-hydroxylation sites is 2. The van der Waals surface area contributed by atoms with Crippen LogP contribution in [-0.2, 0) is 0 Å². The fourth-order valence-corrected chi connectivity index (χ4v) is 7.15.